The third-order valence-electron chi connectivity index (χ3n) is 4.92. The van der Waals surface area contributed by atoms with Crippen LogP contribution >= 0.6 is 0 Å². The lowest BCUT2D eigenvalue weighted by Gasteiger charge is -2.34. The molecule has 3 aromatic carbocycles. The van der Waals surface area contributed by atoms with E-state index in [0.29, 0.717) is 0 Å². The average Bonchev–Trinajstić information content (AvgIpc) is 3.07. The van der Waals surface area contributed by atoms with Crippen molar-refractivity contribution in [3.05, 3.63) is 108 Å². The third kappa shape index (κ3) is 2.29. The Balaban J connectivity index is 1.93. The van der Waals surface area contributed by atoms with Crippen molar-refractivity contribution in [3.63, 3.8) is 0 Å². The summed E-state index contributed by atoms with van der Waals surface area (Å²) in [6.07, 6.45) is 4.61. The molecule has 1 aliphatic carbocycles. The second kappa shape index (κ2) is 5.67. The van der Waals surface area contributed by atoms with E-state index in [1.807, 2.05) is 0 Å². The zero-order chi connectivity index (χ0) is 15.7. The summed E-state index contributed by atoms with van der Waals surface area (Å²) < 4.78 is 0. The molecule has 1 aliphatic rings. The molecule has 0 aromatic heterocycles. The third-order valence-corrected chi connectivity index (χ3v) is 9.41. The Hall–Kier alpha value is -2.38. The quantitative estimate of drug-likeness (QED) is 0.640. The zero-order valence-electron chi connectivity index (χ0n) is 13.2. The molecule has 1 heteroatoms. The maximum absolute atomic E-state index is 2.47. The van der Waals surface area contributed by atoms with E-state index in [4.69, 9.17) is 0 Å². The summed E-state index contributed by atoms with van der Waals surface area (Å²) in [5.74, 6) is 0. The van der Waals surface area contributed by atoms with Crippen molar-refractivity contribution in [2.45, 2.75) is 6.55 Å². The van der Waals surface area contributed by atoms with E-state index in [0.717, 1.165) is 0 Å². The van der Waals surface area contributed by atoms with Crippen LogP contribution in [0.25, 0.3) is 6.08 Å². The summed E-state index contributed by atoms with van der Waals surface area (Å²) in [4.78, 5) is 0. The minimum absolute atomic E-state index is 1.34. The van der Waals surface area contributed by atoms with Gasteiger partial charge in [0.2, 0.25) is 0 Å². The van der Waals surface area contributed by atoms with Crippen LogP contribution in [-0.2, 0) is 0 Å². The van der Waals surface area contributed by atoms with E-state index in [1.165, 1.54) is 27.0 Å². The van der Waals surface area contributed by atoms with E-state index in [-0.39, 0.29) is 0 Å². The molecule has 0 unspecified atom stereocenters. The van der Waals surface area contributed by atoms with Crippen LogP contribution in [0.1, 0.15) is 11.1 Å². The Kier molecular flexibility index (Phi) is 3.51. The summed E-state index contributed by atoms with van der Waals surface area (Å²) in [7, 11) is -1.99. The van der Waals surface area contributed by atoms with E-state index in [9.17, 15) is 0 Å². The van der Waals surface area contributed by atoms with Gasteiger partial charge in [-0.1, -0.05) is 114 Å². The average molecular weight is 311 g/mol. The van der Waals surface area contributed by atoms with Crippen molar-refractivity contribution in [2.75, 3.05) is 0 Å². The highest BCUT2D eigenvalue weighted by atomic mass is 28.3. The number of allylic oxidation sites excluding steroid dienone is 1. The molecule has 0 nitrogen and oxygen atoms in total. The fourth-order valence-electron chi connectivity index (χ4n) is 3.61. The topological polar surface area (TPSA) is 0 Å². The van der Waals surface area contributed by atoms with Crippen molar-refractivity contribution < 1.29 is 0 Å². The van der Waals surface area contributed by atoms with Crippen LogP contribution in [-0.4, -0.2) is 8.07 Å². The molecule has 0 heterocycles. The van der Waals surface area contributed by atoms with Crippen LogP contribution in [0.3, 0.4) is 0 Å². The SMILES string of the molecule is C[Si]([C]1C=Cc2ccccc21)(c1ccccc1)c1ccccc1. The summed E-state index contributed by atoms with van der Waals surface area (Å²) >= 11 is 0. The molecule has 3 aromatic rings. The number of rotatable bonds is 3. The van der Waals surface area contributed by atoms with E-state index >= 15 is 0 Å². The first kappa shape index (κ1) is 14.2. The lowest BCUT2D eigenvalue weighted by atomic mass is 10.1. The van der Waals surface area contributed by atoms with Crippen LogP contribution in [0.4, 0.5) is 0 Å². The smallest absolute Gasteiger partial charge is 0.0744 e. The van der Waals surface area contributed by atoms with Crippen LogP contribution in [0.2, 0.25) is 6.55 Å². The predicted molar refractivity (Wildman–Crippen MR) is 102 cm³/mol. The molecule has 0 bridgehead atoms. The second-order valence-corrected chi connectivity index (χ2v) is 10.1. The minimum Gasteiger partial charge on any atom is -0.0744 e. The second-order valence-electron chi connectivity index (χ2n) is 6.19. The number of benzene rings is 3. The van der Waals surface area contributed by atoms with E-state index < -0.39 is 8.07 Å². The minimum atomic E-state index is -1.99. The van der Waals surface area contributed by atoms with E-state index in [1.54, 1.807) is 0 Å². The van der Waals surface area contributed by atoms with Gasteiger partial charge in [-0.25, -0.2) is 0 Å². The number of hydrogen-bond donors (Lipinski definition) is 0. The molecule has 0 atom stereocenters. The molecule has 0 saturated heterocycles. The van der Waals surface area contributed by atoms with Gasteiger partial charge in [0.15, 0.2) is 0 Å². The Morgan fingerprint density at radius 2 is 1.09 bits per heavy atom. The maximum Gasteiger partial charge on any atom is 0.130 e. The van der Waals surface area contributed by atoms with Crippen LogP contribution in [0.15, 0.2) is 91.0 Å². The predicted octanol–water partition coefficient (Wildman–Crippen LogP) is 4.07. The molecule has 0 fully saturated rings. The van der Waals surface area contributed by atoms with Gasteiger partial charge in [-0.2, -0.15) is 0 Å². The lowest BCUT2D eigenvalue weighted by molar-refractivity contribution is 1.44. The highest BCUT2D eigenvalue weighted by Crippen LogP contribution is 2.35. The largest absolute Gasteiger partial charge is 0.130 e. The highest BCUT2D eigenvalue weighted by Gasteiger charge is 2.42. The molecule has 0 spiro atoms. The normalized spacial score (nSPS) is 14.0. The van der Waals surface area contributed by atoms with Gasteiger partial charge >= 0.3 is 0 Å². The van der Waals surface area contributed by atoms with Gasteiger partial charge < -0.3 is 0 Å². The van der Waals surface area contributed by atoms with Gasteiger partial charge in [-0.15, -0.1) is 0 Å². The highest BCUT2D eigenvalue weighted by molar-refractivity contribution is 7.06. The molecule has 1 radical (unpaired) electrons. The van der Waals surface area contributed by atoms with Crippen LogP contribution in [0.5, 0.6) is 0 Å². The van der Waals surface area contributed by atoms with Crippen LogP contribution in [0, 0.1) is 5.54 Å². The van der Waals surface area contributed by atoms with Gasteiger partial charge in [0.25, 0.3) is 0 Å². The fourth-order valence-corrected chi connectivity index (χ4v) is 7.46. The Morgan fingerprint density at radius 3 is 1.70 bits per heavy atom. The zero-order valence-corrected chi connectivity index (χ0v) is 14.2. The summed E-state index contributed by atoms with van der Waals surface area (Å²) in [5.41, 5.74) is 4.24. The van der Waals surface area contributed by atoms with E-state index in [2.05, 4.69) is 104 Å². The Labute approximate surface area is 139 Å². The maximum atomic E-state index is 2.47. The first-order valence-corrected chi connectivity index (χ1v) is 10.6. The van der Waals surface area contributed by atoms with Crippen molar-refractivity contribution in [1.82, 2.24) is 0 Å². The first-order valence-electron chi connectivity index (χ1n) is 8.06. The standard InChI is InChI=1S/C22H19Si/c1-23(19-11-4-2-5-12-19,20-13-6-3-7-14-20)22-17-16-18-10-8-9-15-21(18)22/h2-17H,1H3. The molecule has 111 valence electrons. The van der Waals surface area contributed by atoms with Crippen molar-refractivity contribution in [1.29, 1.82) is 0 Å². The van der Waals surface area contributed by atoms with Gasteiger partial charge in [0, 0.05) is 5.54 Å². The lowest BCUT2D eigenvalue weighted by Crippen LogP contribution is -2.60. The molecule has 0 aliphatic heterocycles. The molecule has 0 amide bonds. The van der Waals surface area contributed by atoms with Gasteiger partial charge in [0.1, 0.15) is 8.07 Å². The molecular weight excluding hydrogens is 292 g/mol. The molecule has 4 rings (SSSR count). The summed E-state index contributed by atoms with van der Waals surface area (Å²) in [5, 5.41) is 2.92. The molecular formula is C22H19Si. The fraction of sp³-hybridized carbons (Fsp3) is 0.0455. The molecule has 0 N–H and O–H groups in total. The monoisotopic (exact) mass is 311 g/mol. The summed E-state index contributed by atoms with van der Waals surface area (Å²) in [6, 6.07) is 30.8. The number of fused-ring (bicyclic) bond motifs is 1. The van der Waals surface area contributed by atoms with Gasteiger partial charge in [0.05, 0.1) is 0 Å². The Morgan fingerprint density at radius 1 is 0.565 bits per heavy atom. The number of hydrogen-bond acceptors (Lipinski definition) is 0. The molecule has 0 saturated carbocycles. The molecule has 23 heavy (non-hydrogen) atoms. The van der Waals surface area contributed by atoms with Gasteiger partial charge in [-0.3, -0.25) is 0 Å². The summed E-state index contributed by atoms with van der Waals surface area (Å²) in [6.45, 7) is 2.47. The van der Waals surface area contributed by atoms with Crippen LogP contribution < -0.4 is 10.4 Å². The van der Waals surface area contributed by atoms with Gasteiger partial charge in [-0.05, 0) is 11.1 Å². The van der Waals surface area contributed by atoms with Crippen molar-refractivity contribution >= 4 is 24.5 Å². The Bertz CT molecular complexity index is 795. The van der Waals surface area contributed by atoms with Crippen molar-refractivity contribution in [3.8, 4) is 0 Å². The first-order chi connectivity index (χ1) is 11.3. The van der Waals surface area contributed by atoms with Crippen molar-refractivity contribution in [2.24, 2.45) is 0 Å².